The third-order valence-electron chi connectivity index (χ3n) is 3.41. The summed E-state index contributed by atoms with van der Waals surface area (Å²) in [6.45, 7) is 2.96. The maximum absolute atomic E-state index is 11.3. The number of rotatable bonds is 2. The lowest BCUT2D eigenvalue weighted by atomic mass is 9.86. The van der Waals surface area contributed by atoms with Crippen LogP contribution < -0.4 is 5.73 Å². The van der Waals surface area contributed by atoms with Crippen LogP contribution >= 0.6 is 0 Å². The minimum absolute atomic E-state index is 0.364. The maximum atomic E-state index is 11.3. The van der Waals surface area contributed by atoms with Gasteiger partial charge in [-0.05, 0) is 12.8 Å². The van der Waals surface area contributed by atoms with Crippen molar-refractivity contribution in [1.29, 1.82) is 0 Å². The second kappa shape index (κ2) is 4.01. The fourth-order valence-electron chi connectivity index (χ4n) is 2.33. The van der Waals surface area contributed by atoms with Crippen molar-refractivity contribution < 1.29 is 8.42 Å². The minimum atomic E-state index is -2.99. The van der Waals surface area contributed by atoms with Crippen LogP contribution in [-0.4, -0.2) is 62.1 Å². The van der Waals surface area contributed by atoms with E-state index in [1.165, 1.54) is 6.26 Å². The van der Waals surface area contributed by atoms with Crippen molar-refractivity contribution in [2.45, 2.75) is 24.9 Å². The minimum Gasteiger partial charge on any atom is -0.328 e. The lowest BCUT2D eigenvalue weighted by molar-refractivity contribution is 0.0770. The summed E-state index contributed by atoms with van der Waals surface area (Å²) in [4.78, 5) is 2.37. The van der Waals surface area contributed by atoms with Crippen molar-refractivity contribution in [3.05, 3.63) is 0 Å². The highest BCUT2D eigenvalue weighted by Crippen LogP contribution is 2.25. The van der Waals surface area contributed by atoms with Crippen molar-refractivity contribution in [2.75, 3.05) is 32.4 Å². The first-order chi connectivity index (χ1) is 6.97. The Morgan fingerprint density at radius 3 is 2.07 bits per heavy atom. The molecular weight excluding hydrogens is 214 g/mol. The molecule has 0 amide bonds. The molecule has 15 heavy (non-hydrogen) atoms. The van der Waals surface area contributed by atoms with Crippen LogP contribution in [-0.2, 0) is 10.0 Å². The van der Waals surface area contributed by atoms with Gasteiger partial charge in [0.2, 0.25) is 10.0 Å². The van der Waals surface area contributed by atoms with Crippen molar-refractivity contribution in [1.82, 2.24) is 9.21 Å². The molecule has 2 aliphatic rings. The zero-order chi connectivity index (χ0) is 11.1. The normalized spacial score (nSPS) is 35.1. The van der Waals surface area contributed by atoms with Gasteiger partial charge in [-0.2, -0.15) is 4.31 Å². The average Bonchev–Trinajstić information content (AvgIpc) is 2.12. The Bertz CT molecular complexity index is 316. The number of piperazine rings is 1. The Kier molecular flexibility index (Phi) is 3.03. The van der Waals surface area contributed by atoms with E-state index >= 15 is 0 Å². The molecule has 1 saturated heterocycles. The summed E-state index contributed by atoms with van der Waals surface area (Å²) in [5, 5.41) is 0. The van der Waals surface area contributed by atoms with Crippen LogP contribution in [0.4, 0.5) is 0 Å². The van der Waals surface area contributed by atoms with E-state index in [-0.39, 0.29) is 0 Å². The largest absolute Gasteiger partial charge is 0.328 e. The molecule has 0 atom stereocenters. The predicted octanol–water partition coefficient (Wildman–Crippen LogP) is -0.947. The summed E-state index contributed by atoms with van der Waals surface area (Å²) in [5.74, 6) is 0. The Labute approximate surface area is 91.3 Å². The smallest absolute Gasteiger partial charge is 0.211 e. The summed E-state index contributed by atoms with van der Waals surface area (Å²) in [7, 11) is -2.99. The van der Waals surface area contributed by atoms with Gasteiger partial charge in [-0.3, -0.25) is 4.90 Å². The summed E-state index contributed by atoms with van der Waals surface area (Å²) < 4.78 is 24.1. The van der Waals surface area contributed by atoms with E-state index in [1.54, 1.807) is 4.31 Å². The molecule has 1 aliphatic carbocycles. The van der Waals surface area contributed by atoms with Gasteiger partial charge in [0.05, 0.1) is 6.26 Å². The fourth-order valence-corrected chi connectivity index (χ4v) is 3.15. The van der Waals surface area contributed by atoms with Crippen LogP contribution in [0.3, 0.4) is 0 Å². The quantitative estimate of drug-likeness (QED) is 0.668. The number of sulfonamides is 1. The summed E-state index contributed by atoms with van der Waals surface area (Å²) in [6.07, 6.45) is 3.42. The van der Waals surface area contributed by atoms with E-state index in [9.17, 15) is 8.42 Å². The molecule has 6 heteroatoms. The van der Waals surface area contributed by atoms with Gasteiger partial charge < -0.3 is 5.73 Å². The van der Waals surface area contributed by atoms with Gasteiger partial charge >= 0.3 is 0 Å². The van der Waals surface area contributed by atoms with E-state index in [1.807, 2.05) is 0 Å². The average molecular weight is 233 g/mol. The topological polar surface area (TPSA) is 66.6 Å². The van der Waals surface area contributed by atoms with Gasteiger partial charge in [-0.1, -0.05) is 0 Å². The highest BCUT2D eigenvalue weighted by molar-refractivity contribution is 7.88. The first-order valence-electron chi connectivity index (χ1n) is 5.41. The van der Waals surface area contributed by atoms with E-state index in [0.29, 0.717) is 25.2 Å². The molecule has 0 aromatic rings. The second-order valence-corrected chi connectivity index (χ2v) is 6.57. The van der Waals surface area contributed by atoms with Gasteiger partial charge in [0.25, 0.3) is 0 Å². The maximum Gasteiger partial charge on any atom is 0.211 e. The van der Waals surface area contributed by atoms with Gasteiger partial charge in [-0.15, -0.1) is 0 Å². The summed E-state index contributed by atoms with van der Waals surface area (Å²) in [5.41, 5.74) is 5.74. The van der Waals surface area contributed by atoms with E-state index < -0.39 is 10.0 Å². The lowest BCUT2D eigenvalue weighted by Gasteiger charge is -2.44. The Balaban J connectivity index is 1.82. The molecule has 5 nitrogen and oxygen atoms in total. The van der Waals surface area contributed by atoms with Crippen LogP contribution in [0.1, 0.15) is 12.8 Å². The predicted molar refractivity (Wildman–Crippen MR) is 59.0 cm³/mol. The number of hydrogen-bond donors (Lipinski definition) is 1. The van der Waals surface area contributed by atoms with Gasteiger partial charge in [-0.25, -0.2) is 8.42 Å². The summed E-state index contributed by atoms with van der Waals surface area (Å²) in [6, 6.07) is 0.963. The molecule has 1 saturated carbocycles. The number of nitrogens with two attached hydrogens (primary N) is 1. The zero-order valence-corrected chi connectivity index (χ0v) is 9.91. The van der Waals surface area contributed by atoms with Crippen LogP contribution in [0.25, 0.3) is 0 Å². The number of nitrogens with zero attached hydrogens (tertiary/aromatic N) is 2. The standard InChI is InChI=1S/C9H19N3O2S/c1-15(13,14)12-4-2-11(3-5-12)9-6-8(10)7-9/h8-9H,2-7,10H2,1H3. The van der Waals surface area contributed by atoms with Crippen LogP contribution in [0.15, 0.2) is 0 Å². The zero-order valence-electron chi connectivity index (χ0n) is 9.09. The molecule has 0 aromatic heterocycles. The van der Waals surface area contributed by atoms with Crippen molar-refractivity contribution in [2.24, 2.45) is 5.73 Å². The highest BCUT2D eigenvalue weighted by atomic mass is 32.2. The molecule has 1 heterocycles. The molecule has 0 spiro atoms. The Morgan fingerprint density at radius 2 is 1.67 bits per heavy atom. The van der Waals surface area contributed by atoms with Crippen molar-refractivity contribution in [3.63, 3.8) is 0 Å². The number of hydrogen-bond acceptors (Lipinski definition) is 4. The molecule has 0 unspecified atom stereocenters. The SMILES string of the molecule is CS(=O)(=O)N1CCN(C2CC(N)C2)CC1. The third kappa shape index (κ3) is 2.50. The van der Waals surface area contributed by atoms with E-state index in [4.69, 9.17) is 5.73 Å². The molecule has 0 aromatic carbocycles. The monoisotopic (exact) mass is 233 g/mol. The van der Waals surface area contributed by atoms with E-state index in [2.05, 4.69) is 4.90 Å². The van der Waals surface area contributed by atoms with Crippen LogP contribution in [0.2, 0.25) is 0 Å². The summed E-state index contributed by atoms with van der Waals surface area (Å²) >= 11 is 0. The fraction of sp³-hybridized carbons (Fsp3) is 1.00. The molecule has 2 N–H and O–H groups in total. The Morgan fingerprint density at radius 1 is 1.13 bits per heavy atom. The van der Waals surface area contributed by atoms with Crippen LogP contribution in [0.5, 0.6) is 0 Å². The molecule has 1 aliphatic heterocycles. The van der Waals surface area contributed by atoms with Crippen LogP contribution in [0, 0.1) is 0 Å². The van der Waals surface area contributed by atoms with Gasteiger partial charge in [0, 0.05) is 38.3 Å². The highest BCUT2D eigenvalue weighted by Gasteiger charge is 2.34. The lowest BCUT2D eigenvalue weighted by Crippen LogP contribution is -2.57. The Hall–Kier alpha value is -0.170. The molecule has 88 valence electrons. The molecular formula is C9H19N3O2S. The molecule has 2 fully saturated rings. The van der Waals surface area contributed by atoms with Crippen molar-refractivity contribution >= 4 is 10.0 Å². The molecule has 0 bridgehead atoms. The van der Waals surface area contributed by atoms with E-state index in [0.717, 1.165) is 25.9 Å². The van der Waals surface area contributed by atoms with Crippen molar-refractivity contribution in [3.8, 4) is 0 Å². The first-order valence-corrected chi connectivity index (χ1v) is 7.26. The second-order valence-electron chi connectivity index (χ2n) is 4.58. The third-order valence-corrected chi connectivity index (χ3v) is 4.71. The first kappa shape index (κ1) is 11.3. The van der Waals surface area contributed by atoms with Gasteiger partial charge in [0.15, 0.2) is 0 Å². The molecule has 2 rings (SSSR count). The molecule has 0 radical (unpaired) electrons. The van der Waals surface area contributed by atoms with Gasteiger partial charge in [0.1, 0.15) is 0 Å².